The summed E-state index contributed by atoms with van der Waals surface area (Å²) < 4.78 is 36.8. The molecule has 0 nitrogen and oxygen atoms in total. The number of alkyl halides is 3. The number of rotatable bonds is 0. The largest absolute Gasteiger partial charge is 0.392 e. The molecule has 2 atom stereocenters. The Hall–Kier alpha value is -0.470. The van der Waals surface area contributed by atoms with E-state index in [0.29, 0.717) is 0 Å². The van der Waals surface area contributed by atoms with Gasteiger partial charge in [0.25, 0.3) is 0 Å². The molecule has 0 aliphatic heterocycles. The highest BCUT2D eigenvalue weighted by molar-refractivity contribution is 4.91. The Labute approximate surface area is 70.5 Å². The molecule has 12 heavy (non-hydrogen) atoms. The normalized spacial score (nSPS) is 31.7. The molecule has 0 saturated carbocycles. The minimum absolute atomic E-state index is 0.161. The van der Waals surface area contributed by atoms with Gasteiger partial charge in [-0.25, -0.2) is 0 Å². The minimum Gasteiger partial charge on any atom is -0.171 e. The van der Waals surface area contributed by atoms with Crippen molar-refractivity contribution in [2.24, 2.45) is 11.8 Å². The van der Waals surface area contributed by atoms with E-state index < -0.39 is 12.1 Å². The van der Waals surface area contributed by atoms with Gasteiger partial charge in [-0.05, 0) is 25.2 Å². The van der Waals surface area contributed by atoms with Gasteiger partial charge in [0, 0.05) is 0 Å². The number of allylic oxidation sites excluding steroid dienone is 2. The standard InChI is InChI=1S/C9H13F3/c1-7-4-2-3-5-8(6-7)9(10,11)12/h2-3,7-8H,4-6H2,1H3/t7-,8?/m0/s1. The fourth-order valence-electron chi connectivity index (χ4n) is 1.53. The molecular weight excluding hydrogens is 165 g/mol. The van der Waals surface area contributed by atoms with Crippen LogP contribution >= 0.6 is 0 Å². The minimum atomic E-state index is -4.01. The van der Waals surface area contributed by atoms with Gasteiger partial charge in [-0.2, -0.15) is 13.2 Å². The van der Waals surface area contributed by atoms with Crippen LogP contribution in [0.2, 0.25) is 0 Å². The zero-order chi connectivity index (χ0) is 9.19. The summed E-state index contributed by atoms with van der Waals surface area (Å²) in [5, 5.41) is 0. The van der Waals surface area contributed by atoms with E-state index >= 15 is 0 Å². The zero-order valence-electron chi connectivity index (χ0n) is 7.06. The molecule has 1 aliphatic carbocycles. The molecule has 0 aromatic rings. The maximum Gasteiger partial charge on any atom is 0.392 e. The molecule has 3 heteroatoms. The zero-order valence-corrected chi connectivity index (χ0v) is 7.06. The lowest BCUT2D eigenvalue weighted by atomic mass is 9.94. The van der Waals surface area contributed by atoms with Crippen molar-refractivity contribution >= 4 is 0 Å². The van der Waals surface area contributed by atoms with Crippen molar-refractivity contribution in [3.05, 3.63) is 12.2 Å². The van der Waals surface area contributed by atoms with Crippen molar-refractivity contribution in [3.63, 3.8) is 0 Å². The topological polar surface area (TPSA) is 0 Å². The van der Waals surface area contributed by atoms with Gasteiger partial charge in [0.1, 0.15) is 0 Å². The van der Waals surface area contributed by atoms with Crippen LogP contribution in [0.1, 0.15) is 26.2 Å². The van der Waals surface area contributed by atoms with E-state index in [0.717, 1.165) is 6.42 Å². The molecule has 0 bridgehead atoms. The number of halogens is 3. The van der Waals surface area contributed by atoms with Gasteiger partial charge in [0.05, 0.1) is 5.92 Å². The lowest BCUT2D eigenvalue weighted by Gasteiger charge is -2.19. The van der Waals surface area contributed by atoms with Crippen molar-refractivity contribution in [3.8, 4) is 0 Å². The van der Waals surface area contributed by atoms with E-state index in [1.54, 1.807) is 6.08 Å². The maximum atomic E-state index is 12.3. The fourth-order valence-corrected chi connectivity index (χ4v) is 1.53. The first kappa shape index (κ1) is 9.62. The molecule has 0 heterocycles. The molecule has 70 valence electrons. The highest BCUT2D eigenvalue weighted by atomic mass is 19.4. The van der Waals surface area contributed by atoms with E-state index in [1.165, 1.54) is 0 Å². The summed E-state index contributed by atoms with van der Waals surface area (Å²) in [5.41, 5.74) is 0. The molecule has 0 aromatic heterocycles. The number of hydrogen-bond acceptors (Lipinski definition) is 0. The fraction of sp³-hybridized carbons (Fsp3) is 0.778. The summed E-state index contributed by atoms with van der Waals surface area (Å²) in [6, 6.07) is 0. The first-order chi connectivity index (χ1) is 5.50. The van der Waals surface area contributed by atoms with Crippen molar-refractivity contribution < 1.29 is 13.2 Å². The van der Waals surface area contributed by atoms with Crippen LogP contribution in [0.15, 0.2) is 12.2 Å². The summed E-state index contributed by atoms with van der Waals surface area (Å²) in [4.78, 5) is 0. The third kappa shape index (κ3) is 2.54. The first-order valence-electron chi connectivity index (χ1n) is 4.22. The predicted molar refractivity (Wildman–Crippen MR) is 41.7 cm³/mol. The molecule has 0 fully saturated rings. The van der Waals surface area contributed by atoms with E-state index in [1.807, 2.05) is 13.0 Å². The Balaban J connectivity index is 2.60. The highest BCUT2D eigenvalue weighted by Crippen LogP contribution is 2.36. The second kappa shape index (κ2) is 3.50. The van der Waals surface area contributed by atoms with Crippen LogP contribution in [0.25, 0.3) is 0 Å². The first-order valence-corrected chi connectivity index (χ1v) is 4.22. The SMILES string of the molecule is C[C@H]1CC=CCC(C(F)(F)F)C1. The van der Waals surface area contributed by atoms with Crippen molar-refractivity contribution in [2.45, 2.75) is 32.4 Å². The average Bonchev–Trinajstić information content (AvgIpc) is 2.11. The monoisotopic (exact) mass is 178 g/mol. The van der Waals surface area contributed by atoms with Gasteiger partial charge < -0.3 is 0 Å². The average molecular weight is 178 g/mol. The second-order valence-electron chi connectivity index (χ2n) is 3.52. The van der Waals surface area contributed by atoms with Crippen molar-refractivity contribution in [1.29, 1.82) is 0 Å². The number of hydrogen-bond donors (Lipinski definition) is 0. The lowest BCUT2D eigenvalue weighted by Crippen LogP contribution is -2.23. The van der Waals surface area contributed by atoms with Crippen LogP contribution in [0.3, 0.4) is 0 Å². The van der Waals surface area contributed by atoms with Crippen molar-refractivity contribution in [1.82, 2.24) is 0 Å². The molecule has 0 saturated heterocycles. The Kier molecular flexibility index (Phi) is 2.80. The van der Waals surface area contributed by atoms with E-state index in [2.05, 4.69) is 0 Å². The molecule has 0 N–H and O–H groups in total. The quantitative estimate of drug-likeness (QED) is 0.498. The highest BCUT2D eigenvalue weighted by Gasteiger charge is 2.39. The van der Waals surface area contributed by atoms with Gasteiger partial charge in [-0.1, -0.05) is 19.1 Å². The summed E-state index contributed by atoms with van der Waals surface area (Å²) in [6.45, 7) is 1.87. The lowest BCUT2D eigenvalue weighted by molar-refractivity contribution is -0.177. The second-order valence-corrected chi connectivity index (χ2v) is 3.52. The molecule has 1 rings (SSSR count). The molecular formula is C9H13F3. The summed E-state index contributed by atoms with van der Waals surface area (Å²) in [5.74, 6) is -0.957. The maximum absolute atomic E-state index is 12.3. The smallest absolute Gasteiger partial charge is 0.171 e. The third-order valence-electron chi connectivity index (χ3n) is 2.28. The van der Waals surface area contributed by atoms with Crippen LogP contribution in [0.5, 0.6) is 0 Å². The van der Waals surface area contributed by atoms with Gasteiger partial charge >= 0.3 is 6.18 Å². The van der Waals surface area contributed by atoms with E-state index in [-0.39, 0.29) is 18.8 Å². The molecule has 0 radical (unpaired) electrons. The van der Waals surface area contributed by atoms with Crippen LogP contribution in [-0.4, -0.2) is 6.18 Å². The van der Waals surface area contributed by atoms with Crippen LogP contribution in [-0.2, 0) is 0 Å². The van der Waals surface area contributed by atoms with Crippen LogP contribution in [0.4, 0.5) is 13.2 Å². The van der Waals surface area contributed by atoms with Crippen LogP contribution in [0, 0.1) is 11.8 Å². The molecule has 0 spiro atoms. The van der Waals surface area contributed by atoms with E-state index in [4.69, 9.17) is 0 Å². The van der Waals surface area contributed by atoms with Gasteiger partial charge in [-0.15, -0.1) is 0 Å². The molecule has 1 unspecified atom stereocenters. The Morgan fingerprint density at radius 3 is 2.33 bits per heavy atom. The molecule has 0 amide bonds. The summed E-state index contributed by atoms with van der Waals surface area (Å²) in [7, 11) is 0. The summed E-state index contributed by atoms with van der Waals surface area (Å²) >= 11 is 0. The van der Waals surface area contributed by atoms with E-state index in [9.17, 15) is 13.2 Å². The van der Waals surface area contributed by atoms with Gasteiger partial charge in [-0.3, -0.25) is 0 Å². The summed E-state index contributed by atoms with van der Waals surface area (Å²) in [6.07, 6.45) is 0.720. The van der Waals surface area contributed by atoms with Crippen molar-refractivity contribution in [2.75, 3.05) is 0 Å². The molecule has 1 aliphatic rings. The Morgan fingerprint density at radius 1 is 1.17 bits per heavy atom. The van der Waals surface area contributed by atoms with Crippen LogP contribution < -0.4 is 0 Å². The van der Waals surface area contributed by atoms with Gasteiger partial charge in [0.15, 0.2) is 0 Å². The Bertz CT molecular complexity index is 169. The Morgan fingerprint density at radius 2 is 1.75 bits per heavy atom. The predicted octanol–water partition coefficient (Wildman–Crippen LogP) is 3.54. The third-order valence-corrected chi connectivity index (χ3v) is 2.28. The molecule has 0 aromatic carbocycles. The van der Waals surface area contributed by atoms with Gasteiger partial charge in [0.2, 0.25) is 0 Å².